The predicted molar refractivity (Wildman–Crippen MR) is 129 cm³/mol. The number of amides is 2. The third-order valence-electron chi connectivity index (χ3n) is 6.13. The molecular formula is C25H24N4O3S. The minimum atomic E-state index is -0.498. The second kappa shape index (κ2) is 8.71. The molecule has 2 saturated heterocycles. The molecule has 3 heterocycles. The van der Waals surface area contributed by atoms with E-state index in [1.54, 1.807) is 0 Å². The smallest absolute Gasteiger partial charge is 0.261 e. The van der Waals surface area contributed by atoms with Crippen LogP contribution in [-0.4, -0.2) is 46.9 Å². The van der Waals surface area contributed by atoms with E-state index in [4.69, 9.17) is 15.5 Å². The van der Waals surface area contributed by atoms with Crippen molar-refractivity contribution in [3.05, 3.63) is 72.1 Å². The number of hydrogen-bond acceptors (Lipinski definition) is 6. The second-order valence-corrected chi connectivity index (χ2v) is 9.20. The molecule has 8 heteroatoms. The van der Waals surface area contributed by atoms with Crippen LogP contribution >= 0.6 is 11.3 Å². The number of ether oxygens (including phenoxy) is 1. The van der Waals surface area contributed by atoms with Crippen molar-refractivity contribution in [2.45, 2.75) is 24.9 Å². The van der Waals surface area contributed by atoms with Crippen molar-refractivity contribution >= 4 is 28.3 Å². The number of carbonyl (C=O) groups excluding carboxylic acids is 2. The lowest BCUT2D eigenvalue weighted by Crippen LogP contribution is -2.55. The summed E-state index contributed by atoms with van der Waals surface area (Å²) >= 11 is 1.31. The van der Waals surface area contributed by atoms with Crippen molar-refractivity contribution in [3.63, 3.8) is 0 Å². The zero-order chi connectivity index (χ0) is 22.9. The average molecular weight is 461 g/mol. The lowest BCUT2D eigenvalue weighted by atomic mass is 10.1. The molecule has 5 rings (SSSR count). The molecule has 7 nitrogen and oxygen atoms in total. The summed E-state index contributed by atoms with van der Waals surface area (Å²) in [6.45, 7) is 5.00. The molecule has 2 aliphatic rings. The fourth-order valence-corrected chi connectivity index (χ4v) is 5.60. The number of carbonyl (C=O) groups is 2. The molecule has 33 heavy (non-hydrogen) atoms. The summed E-state index contributed by atoms with van der Waals surface area (Å²) in [7, 11) is 0. The van der Waals surface area contributed by atoms with Crippen molar-refractivity contribution < 1.29 is 14.3 Å². The Hall–Kier alpha value is -3.65. The second-order valence-electron chi connectivity index (χ2n) is 8.22. The van der Waals surface area contributed by atoms with E-state index >= 15 is 0 Å². The summed E-state index contributed by atoms with van der Waals surface area (Å²) in [5.74, 6) is 0.933. The Balaban J connectivity index is 1.39. The molecule has 2 atom stereocenters. The standard InChI is InChI=1S/C25H24N4O3S/c1-2-21(30)29-17-10-11-18(29)15-28(14-17)25-27-22(23(33-25)24(26)31)16-8-12-20(13-9-16)32-19-6-4-3-5-7-19/h2-9,12-13,17-18H,1,10-11,14-15H2,(H2,26,31)/t17-,18-/m1/s1. The number of aromatic nitrogens is 1. The number of para-hydroxylation sites is 1. The van der Waals surface area contributed by atoms with E-state index in [2.05, 4.69) is 11.5 Å². The van der Waals surface area contributed by atoms with Crippen LogP contribution in [0.25, 0.3) is 11.3 Å². The third-order valence-corrected chi connectivity index (χ3v) is 7.26. The highest BCUT2D eigenvalue weighted by molar-refractivity contribution is 7.18. The van der Waals surface area contributed by atoms with Crippen LogP contribution in [0.3, 0.4) is 0 Å². The van der Waals surface area contributed by atoms with E-state index in [9.17, 15) is 9.59 Å². The zero-order valence-electron chi connectivity index (χ0n) is 18.0. The first-order chi connectivity index (χ1) is 16.0. The van der Waals surface area contributed by atoms with Gasteiger partial charge < -0.3 is 20.3 Å². The highest BCUT2D eigenvalue weighted by Crippen LogP contribution is 2.38. The van der Waals surface area contributed by atoms with Gasteiger partial charge in [-0.05, 0) is 55.3 Å². The number of anilines is 1. The molecule has 2 N–H and O–H groups in total. The summed E-state index contributed by atoms with van der Waals surface area (Å²) in [6.07, 6.45) is 3.31. The van der Waals surface area contributed by atoms with Crippen molar-refractivity contribution in [2.75, 3.05) is 18.0 Å². The Labute approximate surface area is 196 Å². The fraction of sp³-hybridized carbons (Fsp3) is 0.240. The van der Waals surface area contributed by atoms with Gasteiger partial charge in [0.05, 0.1) is 17.8 Å². The molecule has 1 aromatic heterocycles. The van der Waals surface area contributed by atoms with Gasteiger partial charge >= 0.3 is 0 Å². The van der Waals surface area contributed by atoms with Crippen LogP contribution in [-0.2, 0) is 4.79 Å². The van der Waals surface area contributed by atoms with Crippen LogP contribution in [0.15, 0.2) is 67.3 Å². The zero-order valence-corrected chi connectivity index (χ0v) is 18.8. The molecule has 0 aliphatic carbocycles. The summed E-state index contributed by atoms with van der Waals surface area (Å²) in [5.41, 5.74) is 7.07. The van der Waals surface area contributed by atoms with Crippen molar-refractivity contribution in [2.24, 2.45) is 5.73 Å². The van der Waals surface area contributed by atoms with Crippen LogP contribution < -0.4 is 15.4 Å². The van der Waals surface area contributed by atoms with Gasteiger partial charge in [-0.2, -0.15) is 0 Å². The van der Waals surface area contributed by atoms with Gasteiger partial charge in [0.15, 0.2) is 5.13 Å². The molecule has 0 radical (unpaired) electrons. The summed E-state index contributed by atoms with van der Waals surface area (Å²) < 4.78 is 5.86. The van der Waals surface area contributed by atoms with E-state index in [-0.39, 0.29) is 18.0 Å². The molecule has 2 amide bonds. The number of piperazine rings is 1. The van der Waals surface area contributed by atoms with E-state index in [1.807, 2.05) is 59.5 Å². The number of nitrogens with zero attached hydrogens (tertiary/aromatic N) is 3. The van der Waals surface area contributed by atoms with E-state index < -0.39 is 5.91 Å². The number of nitrogens with two attached hydrogens (primary N) is 1. The predicted octanol–water partition coefficient (Wildman–Crippen LogP) is 4.07. The molecule has 168 valence electrons. The molecule has 0 spiro atoms. The van der Waals surface area contributed by atoms with Gasteiger partial charge in [-0.3, -0.25) is 9.59 Å². The van der Waals surface area contributed by atoms with Gasteiger partial charge in [-0.25, -0.2) is 4.98 Å². The van der Waals surface area contributed by atoms with E-state index in [1.165, 1.54) is 17.4 Å². The number of fused-ring (bicyclic) bond motifs is 2. The first-order valence-corrected chi connectivity index (χ1v) is 11.7. The first kappa shape index (κ1) is 21.2. The molecule has 0 unspecified atom stereocenters. The Morgan fingerprint density at radius 2 is 1.67 bits per heavy atom. The topological polar surface area (TPSA) is 88.8 Å². The van der Waals surface area contributed by atoms with Gasteiger partial charge in [-0.1, -0.05) is 36.1 Å². The largest absolute Gasteiger partial charge is 0.457 e. The van der Waals surface area contributed by atoms with Crippen molar-refractivity contribution in [1.29, 1.82) is 0 Å². The normalized spacial score (nSPS) is 19.4. The van der Waals surface area contributed by atoms with Crippen LogP contribution in [0.4, 0.5) is 5.13 Å². The minimum Gasteiger partial charge on any atom is -0.457 e. The third kappa shape index (κ3) is 4.09. The number of hydrogen-bond donors (Lipinski definition) is 1. The molecule has 0 saturated carbocycles. The van der Waals surface area contributed by atoms with E-state index in [0.717, 1.165) is 29.3 Å². The van der Waals surface area contributed by atoms with Gasteiger partial charge in [0, 0.05) is 18.7 Å². The summed E-state index contributed by atoms with van der Waals surface area (Å²) in [5, 5.41) is 0.756. The number of thiazole rings is 1. The van der Waals surface area contributed by atoms with Crippen LogP contribution in [0.2, 0.25) is 0 Å². The molecule has 2 aliphatic heterocycles. The Kier molecular flexibility index (Phi) is 5.60. The van der Waals surface area contributed by atoms with Crippen LogP contribution in [0, 0.1) is 0 Å². The maximum atomic E-state index is 12.3. The summed E-state index contributed by atoms with van der Waals surface area (Å²) in [6, 6.07) is 17.3. The van der Waals surface area contributed by atoms with Gasteiger partial charge in [0.2, 0.25) is 5.91 Å². The summed E-state index contributed by atoms with van der Waals surface area (Å²) in [4.78, 5) is 33.8. The lowest BCUT2D eigenvalue weighted by molar-refractivity contribution is -0.129. The van der Waals surface area contributed by atoms with Crippen molar-refractivity contribution in [1.82, 2.24) is 9.88 Å². The van der Waals surface area contributed by atoms with Gasteiger partial charge in [-0.15, -0.1) is 0 Å². The van der Waals surface area contributed by atoms with Gasteiger partial charge in [0.25, 0.3) is 5.91 Å². The highest BCUT2D eigenvalue weighted by Gasteiger charge is 2.42. The minimum absolute atomic E-state index is 0.0161. The van der Waals surface area contributed by atoms with Crippen LogP contribution in [0.5, 0.6) is 11.5 Å². The SMILES string of the molecule is C=CC(=O)N1[C@@H]2CC[C@@H]1CN(c1nc(-c3ccc(Oc4ccccc4)cc3)c(C(N)=O)s1)C2. The molecular weight excluding hydrogens is 436 g/mol. The molecule has 3 aromatic rings. The number of primary amides is 1. The maximum Gasteiger partial charge on any atom is 0.261 e. The number of benzene rings is 2. The molecule has 2 bridgehead atoms. The monoisotopic (exact) mass is 460 g/mol. The lowest BCUT2D eigenvalue weighted by Gasteiger charge is -2.40. The quantitative estimate of drug-likeness (QED) is 0.560. The fourth-order valence-electron chi connectivity index (χ4n) is 4.64. The van der Waals surface area contributed by atoms with Gasteiger partial charge in [0.1, 0.15) is 16.4 Å². The average Bonchev–Trinajstić information content (AvgIpc) is 3.39. The Bertz CT molecular complexity index is 1180. The van der Waals surface area contributed by atoms with Crippen LogP contribution in [0.1, 0.15) is 22.5 Å². The Morgan fingerprint density at radius 1 is 1.03 bits per heavy atom. The van der Waals surface area contributed by atoms with E-state index in [0.29, 0.717) is 29.4 Å². The Morgan fingerprint density at radius 3 is 2.27 bits per heavy atom. The van der Waals surface area contributed by atoms with Crippen molar-refractivity contribution in [3.8, 4) is 22.8 Å². The molecule has 2 fully saturated rings. The first-order valence-electron chi connectivity index (χ1n) is 10.9. The maximum absolute atomic E-state index is 12.3. The highest BCUT2D eigenvalue weighted by atomic mass is 32.1. The molecule has 2 aromatic carbocycles. The number of rotatable bonds is 6.